The van der Waals surface area contributed by atoms with E-state index in [-0.39, 0.29) is 0 Å². The topological polar surface area (TPSA) is 106 Å². The maximum atomic E-state index is 8.94. The number of hydrazine groups is 2. The molecule has 0 unspecified atom stereocenters. The number of carbonyl (C=O) groups excluding carboxylic acids is 1. The maximum Gasteiger partial charge on any atom is 0.221 e. The summed E-state index contributed by atoms with van der Waals surface area (Å²) in [5.74, 6) is 11.2. The molecule has 3 aromatic rings. The van der Waals surface area contributed by atoms with Crippen molar-refractivity contribution < 1.29 is 9.53 Å². The molecular weight excluding hydrogens is 366 g/mol. The van der Waals surface area contributed by atoms with Gasteiger partial charge in [-0.1, -0.05) is 18.2 Å². The van der Waals surface area contributed by atoms with E-state index in [1.54, 1.807) is 22.8 Å². The van der Waals surface area contributed by atoms with Crippen molar-refractivity contribution in [3.05, 3.63) is 77.6 Å². The van der Waals surface area contributed by atoms with E-state index in [4.69, 9.17) is 15.4 Å². The van der Waals surface area contributed by atoms with Gasteiger partial charge in [-0.2, -0.15) is 0 Å². The van der Waals surface area contributed by atoms with Crippen LogP contribution in [-0.4, -0.2) is 18.4 Å². The van der Waals surface area contributed by atoms with Crippen LogP contribution >= 0.6 is 0 Å². The molecule has 7 heteroatoms. The predicted molar refractivity (Wildman–Crippen MR) is 116 cm³/mol. The lowest BCUT2D eigenvalue weighted by Gasteiger charge is -2.20. The van der Waals surface area contributed by atoms with Crippen LogP contribution < -0.4 is 26.9 Å². The molecule has 0 bridgehead atoms. The zero-order valence-electron chi connectivity index (χ0n) is 16.9. The molecule has 0 aliphatic carbocycles. The summed E-state index contributed by atoms with van der Waals surface area (Å²) in [6.45, 7) is 4.62. The minimum Gasteiger partial charge on any atom is -0.489 e. The number of rotatable bonds is 6. The van der Waals surface area contributed by atoms with E-state index >= 15 is 0 Å². The van der Waals surface area contributed by atoms with Crippen LogP contribution in [0.15, 0.2) is 60.9 Å². The fourth-order valence-electron chi connectivity index (χ4n) is 2.89. The Bertz CT molecular complexity index is 930. The summed E-state index contributed by atoms with van der Waals surface area (Å²) in [6, 6.07) is 16.3. The normalized spacial score (nSPS) is 9.83. The molecule has 29 heavy (non-hydrogen) atoms. The molecule has 3 rings (SSSR count). The molecular formula is C22H27N5O2. The summed E-state index contributed by atoms with van der Waals surface area (Å²) < 4.78 is 6.09. The van der Waals surface area contributed by atoms with Gasteiger partial charge in [-0.05, 0) is 66.4 Å². The highest BCUT2D eigenvalue weighted by molar-refractivity contribution is 5.65. The molecule has 1 aromatic heterocycles. The van der Waals surface area contributed by atoms with Crippen LogP contribution in [-0.2, 0) is 11.4 Å². The highest BCUT2D eigenvalue weighted by Gasteiger charge is 2.10. The average molecular weight is 393 g/mol. The Morgan fingerprint density at radius 1 is 1.07 bits per heavy atom. The zero-order chi connectivity index (χ0) is 21.2. The van der Waals surface area contributed by atoms with Gasteiger partial charge in [-0.3, -0.25) is 15.2 Å². The van der Waals surface area contributed by atoms with E-state index in [0.29, 0.717) is 13.0 Å². The van der Waals surface area contributed by atoms with Crippen molar-refractivity contribution in [1.82, 2.24) is 10.4 Å². The third-order valence-electron chi connectivity index (χ3n) is 4.39. The number of aryl methyl sites for hydroxylation is 2. The molecule has 7 nitrogen and oxygen atoms in total. The molecule has 5 N–H and O–H groups in total. The summed E-state index contributed by atoms with van der Waals surface area (Å²) in [7, 11) is 1.84. The SMILES string of the molecule is Cc1cc(-c2ccncc2)ccc1OCc1c(C)cccc1N(C)N.NNC=O. The third kappa shape index (κ3) is 6.03. The van der Waals surface area contributed by atoms with Gasteiger partial charge >= 0.3 is 0 Å². The molecule has 0 spiro atoms. The van der Waals surface area contributed by atoms with Crippen molar-refractivity contribution in [2.45, 2.75) is 20.5 Å². The second kappa shape index (κ2) is 10.8. The number of anilines is 1. The summed E-state index contributed by atoms with van der Waals surface area (Å²) in [6.07, 6.45) is 4.01. The lowest BCUT2D eigenvalue weighted by Crippen LogP contribution is -2.26. The minimum absolute atomic E-state index is 0.403. The molecule has 0 aliphatic rings. The zero-order valence-corrected chi connectivity index (χ0v) is 16.9. The first-order valence-corrected chi connectivity index (χ1v) is 9.08. The third-order valence-corrected chi connectivity index (χ3v) is 4.39. The number of aromatic nitrogens is 1. The second-order valence-corrected chi connectivity index (χ2v) is 6.47. The Kier molecular flexibility index (Phi) is 8.14. The first kappa shape index (κ1) is 21.9. The van der Waals surface area contributed by atoms with Crippen LogP contribution in [0.3, 0.4) is 0 Å². The van der Waals surface area contributed by atoms with Gasteiger partial charge < -0.3 is 9.75 Å². The van der Waals surface area contributed by atoms with E-state index in [9.17, 15) is 0 Å². The van der Waals surface area contributed by atoms with Gasteiger partial charge in [-0.15, -0.1) is 0 Å². The number of hydrogen-bond donors (Lipinski definition) is 3. The van der Waals surface area contributed by atoms with Gasteiger partial charge in [0.1, 0.15) is 12.4 Å². The number of hydrogen-bond acceptors (Lipinski definition) is 6. The Labute approximate surface area is 171 Å². The van der Waals surface area contributed by atoms with E-state index in [1.165, 1.54) is 5.56 Å². The Morgan fingerprint density at radius 2 is 1.76 bits per heavy atom. The summed E-state index contributed by atoms with van der Waals surface area (Å²) in [5, 5.41) is 1.63. The van der Waals surface area contributed by atoms with Crippen LogP contribution in [0.1, 0.15) is 16.7 Å². The Morgan fingerprint density at radius 3 is 2.34 bits per heavy atom. The molecule has 0 fully saturated rings. The van der Waals surface area contributed by atoms with Gasteiger partial charge in [0.15, 0.2) is 0 Å². The number of nitrogens with two attached hydrogens (primary N) is 2. The van der Waals surface area contributed by atoms with E-state index in [0.717, 1.165) is 33.7 Å². The molecule has 1 amide bonds. The van der Waals surface area contributed by atoms with Gasteiger partial charge in [0.2, 0.25) is 6.41 Å². The van der Waals surface area contributed by atoms with Crippen LogP contribution in [0, 0.1) is 13.8 Å². The summed E-state index contributed by atoms with van der Waals surface area (Å²) in [5.41, 5.74) is 8.41. The lowest BCUT2D eigenvalue weighted by molar-refractivity contribution is -0.109. The standard InChI is InChI=1S/C21H23N3O.CH4N2O/c1-15-5-4-6-20(24(3)22)19(15)14-25-21-8-7-18(13-16(21)2)17-9-11-23-12-10-17;2-3-1-4/h4-13H,14,22H2,1-3H3;1H,2H2,(H,3,4). The molecule has 0 aliphatic heterocycles. The van der Waals surface area contributed by atoms with E-state index in [2.05, 4.69) is 42.9 Å². The smallest absolute Gasteiger partial charge is 0.221 e. The monoisotopic (exact) mass is 393 g/mol. The Hall–Kier alpha value is -3.42. The van der Waals surface area contributed by atoms with Crippen LogP contribution in [0.2, 0.25) is 0 Å². The molecule has 0 atom stereocenters. The van der Waals surface area contributed by atoms with Crippen LogP contribution in [0.4, 0.5) is 5.69 Å². The van der Waals surface area contributed by atoms with Crippen molar-refractivity contribution in [3.8, 4) is 16.9 Å². The average Bonchev–Trinajstić information content (AvgIpc) is 2.74. The molecule has 0 radical (unpaired) electrons. The largest absolute Gasteiger partial charge is 0.489 e. The van der Waals surface area contributed by atoms with Gasteiger partial charge in [0.25, 0.3) is 0 Å². The lowest BCUT2D eigenvalue weighted by atomic mass is 10.0. The van der Waals surface area contributed by atoms with Gasteiger partial charge in [0, 0.05) is 25.0 Å². The highest BCUT2D eigenvalue weighted by atomic mass is 16.5. The number of ether oxygens (including phenoxy) is 1. The number of amides is 1. The van der Waals surface area contributed by atoms with E-state index in [1.807, 2.05) is 37.4 Å². The second-order valence-electron chi connectivity index (χ2n) is 6.47. The van der Waals surface area contributed by atoms with Crippen LogP contribution in [0.5, 0.6) is 5.75 Å². The number of nitrogens with zero attached hydrogens (tertiary/aromatic N) is 2. The Balaban J connectivity index is 0.000000687. The summed E-state index contributed by atoms with van der Waals surface area (Å²) in [4.78, 5) is 13.0. The molecule has 0 saturated heterocycles. The number of pyridine rings is 1. The van der Waals surface area contributed by atoms with Crippen molar-refractivity contribution in [2.75, 3.05) is 12.1 Å². The molecule has 0 saturated carbocycles. The van der Waals surface area contributed by atoms with Crippen molar-refractivity contribution in [3.63, 3.8) is 0 Å². The quantitative estimate of drug-likeness (QED) is 0.257. The van der Waals surface area contributed by atoms with Gasteiger partial charge in [0.05, 0.1) is 5.69 Å². The van der Waals surface area contributed by atoms with Crippen molar-refractivity contribution in [1.29, 1.82) is 0 Å². The van der Waals surface area contributed by atoms with E-state index < -0.39 is 0 Å². The van der Waals surface area contributed by atoms with Crippen molar-refractivity contribution >= 4 is 12.1 Å². The van der Waals surface area contributed by atoms with Gasteiger partial charge in [-0.25, -0.2) is 11.7 Å². The molecule has 152 valence electrons. The fourth-order valence-corrected chi connectivity index (χ4v) is 2.89. The van der Waals surface area contributed by atoms with Crippen molar-refractivity contribution in [2.24, 2.45) is 11.7 Å². The fraction of sp³-hybridized carbons (Fsp3) is 0.182. The first-order valence-electron chi connectivity index (χ1n) is 9.08. The number of benzene rings is 2. The maximum absolute atomic E-state index is 8.94. The minimum atomic E-state index is 0.403. The number of carbonyl (C=O) groups is 1. The number of nitrogens with one attached hydrogen (secondary N) is 1. The highest BCUT2D eigenvalue weighted by Crippen LogP contribution is 2.28. The first-order chi connectivity index (χ1) is 14.0. The summed E-state index contributed by atoms with van der Waals surface area (Å²) >= 11 is 0. The van der Waals surface area contributed by atoms with Crippen LogP contribution in [0.25, 0.3) is 11.1 Å². The molecule has 2 aromatic carbocycles. The molecule has 1 heterocycles. The predicted octanol–water partition coefficient (Wildman–Crippen LogP) is 2.86.